The van der Waals surface area contributed by atoms with Crippen molar-refractivity contribution in [2.75, 3.05) is 18.0 Å². The Hall–Kier alpha value is -1.20. The highest BCUT2D eigenvalue weighted by Gasteiger charge is 2.20. The zero-order valence-electron chi connectivity index (χ0n) is 9.89. The molecule has 5 heteroatoms. The van der Waals surface area contributed by atoms with E-state index < -0.39 is 0 Å². The lowest BCUT2D eigenvalue weighted by atomic mass is 10.1. The van der Waals surface area contributed by atoms with E-state index in [9.17, 15) is 0 Å². The first-order chi connectivity index (χ1) is 8.25. The van der Waals surface area contributed by atoms with Crippen molar-refractivity contribution in [3.05, 3.63) is 17.3 Å². The Labute approximate surface area is 104 Å². The van der Waals surface area contributed by atoms with Crippen molar-refractivity contribution in [2.45, 2.75) is 25.8 Å². The Morgan fingerprint density at radius 3 is 2.88 bits per heavy atom. The summed E-state index contributed by atoms with van der Waals surface area (Å²) < 4.78 is 0. The van der Waals surface area contributed by atoms with Gasteiger partial charge in [0.25, 0.3) is 0 Å². The normalized spacial score (nSPS) is 17.9. The van der Waals surface area contributed by atoms with Crippen molar-refractivity contribution in [2.24, 2.45) is 5.73 Å². The van der Waals surface area contributed by atoms with Gasteiger partial charge in [-0.1, -0.05) is 0 Å². The Morgan fingerprint density at radius 1 is 1.35 bits per heavy atom. The number of nitrogens with zero attached hydrogens (tertiary/aromatic N) is 3. The van der Waals surface area contributed by atoms with Crippen LogP contribution in [0.4, 0.5) is 5.82 Å². The number of thiophene rings is 1. The van der Waals surface area contributed by atoms with Crippen LogP contribution in [-0.2, 0) is 0 Å². The molecule has 1 saturated heterocycles. The number of anilines is 1. The van der Waals surface area contributed by atoms with Crippen molar-refractivity contribution < 1.29 is 0 Å². The van der Waals surface area contributed by atoms with E-state index in [1.165, 1.54) is 10.9 Å². The monoisotopic (exact) mass is 248 g/mol. The van der Waals surface area contributed by atoms with Crippen molar-refractivity contribution in [3.8, 4) is 0 Å². The Kier molecular flexibility index (Phi) is 2.72. The third-order valence-electron chi connectivity index (χ3n) is 3.37. The topological polar surface area (TPSA) is 55.0 Å². The Balaban J connectivity index is 2.02. The number of hydrogen-bond donors (Lipinski definition) is 1. The summed E-state index contributed by atoms with van der Waals surface area (Å²) in [5.74, 6) is 1.08. The van der Waals surface area contributed by atoms with Gasteiger partial charge in [-0.25, -0.2) is 9.97 Å². The van der Waals surface area contributed by atoms with Gasteiger partial charge in [0.15, 0.2) is 0 Å². The van der Waals surface area contributed by atoms with Gasteiger partial charge in [-0.05, 0) is 30.7 Å². The van der Waals surface area contributed by atoms with Crippen molar-refractivity contribution in [3.63, 3.8) is 0 Å². The highest BCUT2D eigenvalue weighted by Crippen LogP contribution is 2.31. The van der Waals surface area contributed by atoms with Crippen LogP contribution in [0.1, 0.15) is 18.4 Å². The van der Waals surface area contributed by atoms with E-state index in [1.807, 2.05) is 0 Å². The van der Waals surface area contributed by atoms with E-state index in [-0.39, 0.29) is 0 Å². The lowest BCUT2D eigenvalue weighted by Crippen LogP contribution is -2.40. The maximum Gasteiger partial charge on any atom is 0.141 e. The van der Waals surface area contributed by atoms with Gasteiger partial charge in [0, 0.05) is 19.1 Å². The summed E-state index contributed by atoms with van der Waals surface area (Å²) in [6.07, 6.45) is 3.77. The third kappa shape index (κ3) is 1.89. The standard InChI is InChI=1S/C12H16N4S/c1-8-6-17-12-10(8)11(14-7-15-12)16-4-2-9(13)3-5-16/h6-7,9H,2-5,13H2,1H3. The Morgan fingerprint density at radius 2 is 2.12 bits per heavy atom. The quantitative estimate of drug-likeness (QED) is 0.838. The Bertz CT molecular complexity index is 528. The SMILES string of the molecule is Cc1csc2ncnc(N3CCC(N)CC3)c12. The van der Waals surface area contributed by atoms with E-state index in [1.54, 1.807) is 17.7 Å². The lowest BCUT2D eigenvalue weighted by Gasteiger charge is -2.31. The lowest BCUT2D eigenvalue weighted by molar-refractivity contribution is 0.499. The van der Waals surface area contributed by atoms with Gasteiger partial charge in [-0.3, -0.25) is 0 Å². The molecule has 3 heterocycles. The number of hydrogen-bond acceptors (Lipinski definition) is 5. The van der Waals surface area contributed by atoms with Crippen molar-refractivity contribution in [1.82, 2.24) is 9.97 Å². The van der Waals surface area contributed by atoms with Crippen LogP contribution in [0.15, 0.2) is 11.7 Å². The molecule has 2 aromatic heterocycles. The van der Waals surface area contributed by atoms with E-state index >= 15 is 0 Å². The fraction of sp³-hybridized carbons (Fsp3) is 0.500. The smallest absolute Gasteiger partial charge is 0.141 e. The summed E-state index contributed by atoms with van der Waals surface area (Å²) in [6, 6.07) is 0.354. The zero-order chi connectivity index (χ0) is 11.8. The molecule has 0 unspecified atom stereocenters. The van der Waals surface area contributed by atoms with Crippen LogP contribution in [0, 0.1) is 6.92 Å². The van der Waals surface area contributed by atoms with Crippen LogP contribution in [0.2, 0.25) is 0 Å². The second-order valence-corrected chi connectivity index (χ2v) is 5.48. The van der Waals surface area contributed by atoms with Crippen molar-refractivity contribution in [1.29, 1.82) is 0 Å². The molecule has 0 radical (unpaired) electrons. The predicted molar refractivity (Wildman–Crippen MR) is 71.6 cm³/mol. The molecule has 0 atom stereocenters. The molecule has 1 aliphatic heterocycles. The number of aryl methyl sites for hydroxylation is 1. The number of fused-ring (bicyclic) bond motifs is 1. The molecule has 4 nitrogen and oxygen atoms in total. The van der Waals surface area contributed by atoms with Crippen LogP contribution in [-0.4, -0.2) is 29.1 Å². The van der Waals surface area contributed by atoms with E-state index in [0.29, 0.717) is 6.04 Å². The van der Waals surface area contributed by atoms with Gasteiger partial charge >= 0.3 is 0 Å². The molecule has 3 rings (SSSR count). The van der Waals surface area contributed by atoms with Crippen molar-refractivity contribution >= 4 is 27.4 Å². The molecular weight excluding hydrogens is 232 g/mol. The number of piperidine rings is 1. The molecule has 1 fully saturated rings. The minimum atomic E-state index is 0.354. The summed E-state index contributed by atoms with van der Waals surface area (Å²) in [4.78, 5) is 12.2. The summed E-state index contributed by atoms with van der Waals surface area (Å²) in [5, 5.41) is 3.37. The number of aromatic nitrogens is 2. The van der Waals surface area contributed by atoms with Gasteiger partial charge in [-0.2, -0.15) is 0 Å². The third-order valence-corrected chi connectivity index (χ3v) is 4.38. The molecule has 17 heavy (non-hydrogen) atoms. The van der Waals surface area contributed by atoms with Crippen LogP contribution < -0.4 is 10.6 Å². The molecule has 0 saturated carbocycles. The van der Waals surface area contributed by atoms with E-state index in [2.05, 4.69) is 27.2 Å². The molecule has 0 spiro atoms. The molecule has 1 aliphatic rings. The maximum atomic E-state index is 5.94. The molecule has 0 amide bonds. The minimum Gasteiger partial charge on any atom is -0.356 e. The van der Waals surface area contributed by atoms with E-state index in [4.69, 9.17) is 5.73 Å². The van der Waals surface area contributed by atoms with Crippen LogP contribution in [0.5, 0.6) is 0 Å². The van der Waals surface area contributed by atoms with Gasteiger partial charge < -0.3 is 10.6 Å². The molecule has 2 aromatic rings. The predicted octanol–water partition coefficient (Wildman–Crippen LogP) is 1.93. The first-order valence-electron chi connectivity index (χ1n) is 5.95. The highest BCUT2D eigenvalue weighted by molar-refractivity contribution is 7.17. The molecule has 90 valence electrons. The molecule has 0 aromatic carbocycles. The van der Waals surface area contributed by atoms with Gasteiger partial charge in [0.2, 0.25) is 0 Å². The molecule has 0 aliphatic carbocycles. The molecular formula is C12H16N4S. The zero-order valence-corrected chi connectivity index (χ0v) is 10.7. The fourth-order valence-electron chi connectivity index (χ4n) is 2.35. The first kappa shape index (κ1) is 10.9. The van der Waals surface area contributed by atoms with Gasteiger partial charge in [0.05, 0.1) is 5.39 Å². The summed E-state index contributed by atoms with van der Waals surface area (Å²) in [6.45, 7) is 4.13. The summed E-state index contributed by atoms with van der Waals surface area (Å²) in [5.41, 5.74) is 7.21. The molecule has 2 N–H and O–H groups in total. The summed E-state index contributed by atoms with van der Waals surface area (Å²) in [7, 11) is 0. The first-order valence-corrected chi connectivity index (χ1v) is 6.83. The van der Waals surface area contributed by atoms with Gasteiger partial charge in [-0.15, -0.1) is 11.3 Å². The average molecular weight is 248 g/mol. The average Bonchev–Trinajstić information content (AvgIpc) is 2.73. The highest BCUT2D eigenvalue weighted by atomic mass is 32.1. The van der Waals surface area contributed by atoms with Crippen LogP contribution in [0.3, 0.4) is 0 Å². The van der Waals surface area contributed by atoms with Crippen LogP contribution in [0.25, 0.3) is 10.2 Å². The fourth-order valence-corrected chi connectivity index (χ4v) is 3.23. The minimum absolute atomic E-state index is 0.354. The second-order valence-electron chi connectivity index (χ2n) is 4.62. The van der Waals surface area contributed by atoms with Gasteiger partial charge in [0.1, 0.15) is 17.0 Å². The molecule has 0 bridgehead atoms. The number of rotatable bonds is 1. The largest absolute Gasteiger partial charge is 0.356 e. The summed E-state index contributed by atoms with van der Waals surface area (Å²) >= 11 is 1.69. The van der Waals surface area contributed by atoms with Crippen LogP contribution >= 0.6 is 11.3 Å². The number of nitrogens with two attached hydrogens (primary N) is 1. The maximum absolute atomic E-state index is 5.94. The van der Waals surface area contributed by atoms with E-state index in [0.717, 1.165) is 36.6 Å². The second kappa shape index (κ2) is 4.23.